The number of rotatable bonds is 5. The molecule has 0 fully saturated rings. The van der Waals surface area contributed by atoms with Gasteiger partial charge in [0.15, 0.2) is 0 Å². The predicted octanol–water partition coefficient (Wildman–Crippen LogP) is 4.35. The highest BCUT2D eigenvalue weighted by molar-refractivity contribution is 7.16. The number of hydrogen-bond donors (Lipinski definition) is 1. The average molecular weight is 419 g/mol. The number of nitrogens with zero attached hydrogens (tertiary/aromatic N) is 4. The number of aromatic nitrogens is 4. The highest BCUT2D eigenvalue weighted by atomic mass is 32.1. The van der Waals surface area contributed by atoms with Gasteiger partial charge in [0.1, 0.15) is 15.7 Å². The van der Waals surface area contributed by atoms with Crippen LogP contribution < -0.4 is 5.32 Å². The Morgan fingerprint density at radius 2 is 1.90 bits per heavy atom. The predicted molar refractivity (Wildman–Crippen MR) is 113 cm³/mol. The van der Waals surface area contributed by atoms with Gasteiger partial charge in [0.25, 0.3) is 5.91 Å². The second-order valence-corrected chi connectivity index (χ2v) is 7.83. The molecule has 30 heavy (non-hydrogen) atoms. The lowest BCUT2D eigenvalue weighted by Gasteiger charge is -2.09. The van der Waals surface area contributed by atoms with Crippen LogP contribution in [0.15, 0.2) is 55.2 Å². The van der Waals surface area contributed by atoms with Crippen LogP contribution in [0.25, 0.3) is 21.8 Å². The summed E-state index contributed by atoms with van der Waals surface area (Å²) in [5, 5.41) is 3.42. The molecule has 0 aliphatic heterocycles. The monoisotopic (exact) mass is 419 g/mol. The van der Waals surface area contributed by atoms with Gasteiger partial charge in [0.05, 0.1) is 18.1 Å². The van der Waals surface area contributed by atoms with E-state index in [0.717, 1.165) is 34.3 Å². The molecule has 0 radical (unpaired) electrons. The van der Waals surface area contributed by atoms with Gasteiger partial charge in [-0.05, 0) is 43.2 Å². The van der Waals surface area contributed by atoms with Gasteiger partial charge in [-0.25, -0.2) is 9.37 Å². The molecule has 0 saturated heterocycles. The van der Waals surface area contributed by atoms with Gasteiger partial charge >= 0.3 is 0 Å². The Bertz CT molecular complexity index is 1220. The lowest BCUT2D eigenvalue weighted by Crippen LogP contribution is -2.22. The molecule has 0 saturated carbocycles. The molecule has 0 bridgehead atoms. The van der Waals surface area contributed by atoms with E-state index < -0.39 is 5.82 Å². The van der Waals surface area contributed by atoms with Crippen molar-refractivity contribution < 1.29 is 9.18 Å². The summed E-state index contributed by atoms with van der Waals surface area (Å²) < 4.78 is 13.3. The first-order chi connectivity index (χ1) is 14.5. The van der Waals surface area contributed by atoms with E-state index in [1.54, 1.807) is 12.4 Å². The Balaban J connectivity index is 1.44. The molecular weight excluding hydrogens is 401 g/mol. The molecular formula is C22H18FN5OS. The van der Waals surface area contributed by atoms with E-state index >= 15 is 0 Å². The second kappa shape index (κ2) is 8.46. The van der Waals surface area contributed by atoms with Crippen molar-refractivity contribution >= 4 is 17.2 Å². The molecule has 1 N–H and O–H groups in total. The zero-order valence-corrected chi connectivity index (χ0v) is 17.2. The van der Waals surface area contributed by atoms with Crippen LogP contribution in [0, 0.1) is 19.7 Å². The number of carbonyl (C=O) groups excluding carboxylic acids is 1. The van der Waals surface area contributed by atoms with Crippen molar-refractivity contribution in [3.05, 3.63) is 82.8 Å². The minimum absolute atomic E-state index is 0.241. The number of hydrogen-bond acceptors (Lipinski definition) is 6. The summed E-state index contributed by atoms with van der Waals surface area (Å²) >= 11 is 1.19. The van der Waals surface area contributed by atoms with Crippen LogP contribution in [0.1, 0.15) is 26.5 Å². The molecule has 4 aromatic rings. The van der Waals surface area contributed by atoms with Crippen LogP contribution in [-0.4, -0.2) is 25.8 Å². The highest BCUT2D eigenvalue weighted by Crippen LogP contribution is 2.25. The summed E-state index contributed by atoms with van der Waals surface area (Å²) in [6.45, 7) is 4.28. The normalized spacial score (nSPS) is 10.8. The molecule has 0 atom stereocenters. The summed E-state index contributed by atoms with van der Waals surface area (Å²) in [6, 6.07) is 7.27. The van der Waals surface area contributed by atoms with Gasteiger partial charge in [-0.3, -0.25) is 19.7 Å². The minimum atomic E-state index is -0.443. The Kier molecular flexibility index (Phi) is 5.58. The van der Waals surface area contributed by atoms with E-state index in [-0.39, 0.29) is 5.91 Å². The number of aryl methyl sites for hydroxylation is 2. The number of halogens is 1. The summed E-state index contributed by atoms with van der Waals surface area (Å²) in [5.74, 6) is -0.684. The maximum atomic E-state index is 13.3. The fourth-order valence-electron chi connectivity index (χ4n) is 3.04. The molecule has 4 aromatic heterocycles. The van der Waals surface area contributed by atoms with Crippen LogP contribution >= 0.6 is 11.3 Å². The summed E-state index contributed by atoms with van der Waals surface area (Å²) in [6.07, 6.45) is 7.66. The Morgan fingerprint density at radius 3 is 2.67 bits per heavy atom. The van der Waals surface area contributed by atoms with Gasteiger partial charge in [0, 0.05) is 42.0 Å². The topological polar surface area (TPSA) is 80.7 Å². The van der Waals surface area contributed by atoms with E-state index in [1.807, 2.05) is 32.0 Å². The third kappa shape index (κ3) is 4.38. The summed E-state index contributed by atoms with van der Waals surface area (Å²) in [4.78, 5) is 29.7. The first-order valence-electron chi connectivity index (χ1n) is 9.23. The van der Waals surface area contributed by atoms with Crippen LogP contribution in [0.5, 0.6) is 0 Å². The van der Waals surface area contributed by atoms with Gasteiger partial charge in [-0.15, -0.1) is 11.3 Å². The first kappa shape index (κ1) is 19.8. The van der Waals surface area contributed by atoms with E-state index in [9.17, 15) is 9.18 Å². The zero-order valence-electron chi connectivity index (χ0n) is 16.4. The largest absolute Gasteiger partial charge is 0.347 e. The maximum Gasteiger partial charge on any atom is 0.263 e. The summed E-state index contributed by atoms with van der Waals surface area (Å²) in [7, 11) is 0. The van der Waals surface area contributed by atoms with Crippen molar-refractivity contribution in [1.29, 1.82) is 0 Å². The second-order valence-electron chi connectivity index (χ2n) is 6.80. The molecule has 0 aromatic carbocycles. The van der Waals surface area contributed by atoms with Gasteiger partial charge in [0.2, 0.25) is 0 Å². The van der Waals surface area contributed by atoms with Crippen molar-refractivity contribution in [3.8, 4) is 21.8 Å². The summed E-state index contributed by atoms with van der Waals surface area (Å²) in [5.41, 5.74) is 5.30. The minimum Gasteiger partial charge on any atom is -0.347 e. The van der Waals surface area contributed by atoms with Crippen molar-refractivity contribution in [2.45, 2.75) is 20.4 Å². The van der Waals surface area contributed by atoms with Crippen LogP contribution in [0.4, 0.5) is 4.39 Å². The molecule has 0 aliphatic carbocycles. The molecule has 8 heteroatoms. The van der Waals surface area contributed by atoms with Crippen LogP contribution in [0.3, 0.4) is 0 Å². The lowest BCUT2D eigenvalue weighted by atomic mass is 10.1. The van der Waals surface area contributed by atoms with E-state index in [4.69, 9.17) is 0 Å². The molecule has 4 rings (SSSR count). The van der Waals surface area contributed by atoms with Crippen molar-refractivity contribution in [2.24, 2.45) is 0 Å². The Labute approximate surface area is 176 Å². The fraction of sp³-hybridized carbons (Fsp3) is 0.136. The van der Waals surface area contributed by atoms with E-state index in [2.05, 4.69) is 25.3 Å². The molecule has 0 spiro atoms. The molecule has 0 aliphatic rings. The molecule has 4 heterocycles. The standard InChI is InChI=1S/C22H18FN5OS/c1-13-5-15(8-26-20(13)16-3-4-25-14(2)6-16)9-27-21(29)19-12-28-22(30-19)17-7-18(23)11-24-10-17/h3-8,10-12H,9H2,1-2H3,(H,27,29). The maximum absolute atomic E-state index is 13.3. The number of thiazole rings is 1. The van der Waals surface area contributed by atoms with Gasteiger partial charge < -0.3 is 5.32 Å². The third-order valence-corrected chi connectivity index (χ3v) is 5.48. The average Bonchev–Trinajstić information content (AvgIpc) is 3.22. The van der Waals surface area contributed by atoms with Crippen molar-refractivity contribution in [2.75, 3.05) is 0 Å². The smallest absolute Gasteiger partial charge is 0.263 e. The zero-order chi connectivity index (χ0) is 21.1. The number of carbonyl (C=O) groups is 1. The van der Waals surface area contributed by atoms with Gasteiger partial charge in [-0.2, -0.15) is 0 Å². The quantitative estimate of drug-likeness (QED) is 0.520. The van der Waals surface area contributed by atoms with Crippen molar-refractivity contribution in [3.63, 3.8) is 0 Å². The first-order valence-corrected chi connectivity index (χ1v) is 10.0. The fourth-order valence-corrected chi connectivity index (χ4v) is 3.85. The molecule has 150 valence electrons. The molecule has 6 nitrogen and oxygen atoms in total. The Morgan fingerprint density at radius 1 is 1.03 bits per heavy atom. The SMILES string of the molecule is Cc1cc(-c2ncc(CNC(=O)c3cnc(-c4cncc(F)c4)s3)cc2C)ccn1. The van der Waals surface area contributed by atoms with Gasteiger partial charge in [-0.1, -0.05) is 6.07 Å². The molecule has 0 unspecified atom stereocenters. The highest BCUT2D eigenvalue weighted by Gasteiger charge is 2.13. The lowest BCUT2D eigenvalue weighted by molar-refractivity contribution is 0.0954. The van der Waals surface area contributed by atoms with E-state index in [0.29, 0.717) is 22.0 Å². The van der Waals surface area contributed by atoms with Crippen LogP contribution in [-0.2, 0) is 6.54 Å². The third-order valence-electron chi connectivity index (χ3n) is 4.44. The van der Waals surface area contributed by atoms with Crippen molar-refractivity contribution in [1.82, 2.24) is 25.3 Å². The molecule has 1 amide bonds. The number of nitrogens with one attached hydrogen (secondary N) is 1. The number of amides is 1. The van der Waals surface area contributed by atoms with E-state index in [1.165, 1.54) is 29.8 Å². The Hall–Kier alpha value is -3.52. The van der Waals surface area contributed by atoms with Crippen LogP contribution in [0.2, 0.25) is 0 Å². The number of pyridine rings is 3.